The fourth-order valence-corrected chi connectivity index (χ4v) is 4.62. The van der Waals surface area contributed by atoms with Crippen molar-refractivity contribution in [2.45, 2.75) is 57.0 Å². The normalized spacial score (nSPS) is 28.6. The zero-order chi connectivity index (χ0) is 22.5. The highest BCUT2D eigenvalue weighted by Crippen LogP contribution is 2.43. The van der Waals surface area contributed by atoms with Crippen molar-refractivity contribution in [3.8, 4) is 0 Å². The number of carbonyl (C=O) groups excluding carboxylic acids is 2. The Morgan fingerprint density at radius 2 is 1.42 bits per heavy atom. The van der Waals surface area contributed by atoms with Crippen molar-refractivity contribution in [2.24, 2.45) is 17.8 Å². The molecule has 0 aromatic carbocycles. The minimum atomic E-state index is -0.719. The van der Waals surface area contributed by atoms with E-state index >= 15 is 0 Å². The molecule has 176 valence electrons. The van der Waals surface area contributed by atoms with E-state index in [9.17, 15) is 14.4 Å². The monoisotopic (exact) mass is 440 g/mol. The molecular weight excluding hydrogens is 404 g/mol. The standard InChI is InChI=1S/C23H36O8/c1-2-21(25)30-15-13-28-11-12-29-14-16-31-23(17-24)9-7-19(8-10-23)18-3-5-20(6-4-18)22(26)27/h2,17-20H,1,3-16H2,(H,26,27). The molecule has 0 radical (unpaired) electrons. The molecule has 2 saturated carbocycles. The number of hydrogen-bond acceptors (Lipinski definition) is 7. The molecule has 0 bridgehead atoms. The minimum absolute atomic E-state index is 0.178. The van der Waals surface area contributed by atoms with Gasteiger partial charge in [-0.15, -0.1) is 0 Å². The average molecular weight is 441 g/mol. The second kappa shape index (κ2) is 13.6. The molecule has 2 aliphatic rings. The molecule has 0 unspecified atom stereocenters. The average Bonchev–Trinajstić information content (AvgIpc) is 2.80. The highest BCUT2D eigenvalue weighted by Gasteiger charge is 2.39. The lowest BCUT2D eigenvalue weighted by Crippen LogP contribution is -2.41. The maximum absolute atomic E-state index is 11.7. The molecular formula is C23H36O8. The van der Waals surface area contributed by atoms with Gasteiger partial charge in [-0.2, -0.15) is 0 Å². The molecule has 2 fully saturated rings. The van der Waals surface area contributed by atoms with E-state index in [2.05, 4.69) is 6.58 Å². The van der Waals surface area contributed by atoms with Gasteiger partial charge in [-0.25, -0.2) is 4.79 Å². The van der Waals surface area contributed by atoms with Gasteiger partial charge in [0.15, 0.2) is 6.29 Å². The van der Waals surface area contributed by atoms with E-state index in [4.69, 9.17) is 24.1 Å². The van der Waals surface area contributed by atoms with Crippen LogP contribution >= 0.6 is 0 Å². The molecule has 31 heavy (non-hydrogen) atoms. The number of ether oxygens (including phenoxy) is 4. The lowest BCUT2D eigenvalue weighted by Gasteiger charge is -2.40. The third kappa shape index (κ3) is 8.71. The van der Waals surface area contributed by atoms with E-state index < -0.39 is 17.5 Å². The van der Waals surface area contributed by atoms with Crippen LogP contribution in [-0.4, -0.2) is 68.6 Å². The van der Waals surface area contributed by atoms with Gasteiger partial charge < -0.3 is 28.8 Å². The van der Waals surface area contributed by atoms with Crippen molar-refractivity contribution in [1.82, 2.24) is 0 Å². The van der Waals surface area contributed by atoms with E-state index in [0.29, 0.717) is 57.7 Å². The summed E-state index contributed by atoms with van der Waals surface area (Å²) in [6.07, 6.45) is 8.87. The number of aliphatic carboxylic acids is 1. The topological polar surface area (TPSA) is 108 Å². The lowest BCUT2D eigenvalue weighted by molar-refractivity contribution is -0.145. The summed E-state index contributed by atoms with van der Waals surface area (Å²) in [5, 5.41) is 9.16. The van der Waals surface area contributed by atoms with Gasteiger partial charge in [-0.1, -0.05) is 6.58 Å². The number of hydrogen-bond donors (Lipinski definition) is 1. The number of carboxylic acid groups (broad SMARTS) is 1. The van der Waals surface area contributed by atoms with E-state index in [1.807, 2.05) is 0 Å². The summed E-state index contributed by atoms with van der Waals surface area (Å²) >= 11 is 0. The van der Waals surface area contributed by atoms with Crippen molar-refractivity contribution < 1.29 is 38.4 Å². The Morgan fingerprint density at radius 3 is 1.97 bits per heavy atom. The Balaban J connectivity index is 1.54. The fraction of sp³-hybridized carbons (Fsp3) is 0.783. The molecule has 0 saturated heterocycles. The van der Waals surface area contributed by atoms with Gasteiger partial charge in [0, 0.05) is 6.08 Å². The molecule has 0 amide bonds. The second-order valence-electron chi connectivity index (χ2n) is 8.41. The van der Waals surface area contributed by atoms with Crippen LogP contribution in [-0.2, 0) is 33.3 Å². The van der Waals surface area contributed by atoms with Gasteiger partial charge in [0.1, 0.15) is 12.2 Å². The van der Waals surface area contributed by atoms with Crippen LogP contribution in [0.15, 0.2) is 12.7 Å². The Labute approximate surface area is 184 Å². The van der Waals surface area contributed by atoms with E-state index in [1.54, 1.807) is 0 Å². The first kappa shape index (κ1) is 25.5. The molecule has 8 nitrogen and oxygen atoms in total. The van der Waals surface area contributed by atoms with Gasteiger partial charge in [-0.05, 0) is 63.2 Å². The van der Waals surface area contributed by atoms with Crippen molar-refractivity contribution >= 4 is 18.2 Å². The van der Waals surface area contributed by atoms with E-state index in [1.165, 1.54) is 0 Å². The molecule has 2 aliphatic carbocycles. The first-order valence-electron chi connectivity index (χ1n) is 11.3. The summed E-state index contributed by atoms with van der Waals surface area (Å²) in [6.45, 7) is 5.30. The van der Waals surface area contributed by atoms with Crippen LogP contribution in [0.25, 0.3) is 0 Å². The number of carbonyl (C=O) groups is 3. The zero-order valence-corrected chi connectivity index (χ0v) is 18.3. The van der Waals surface area contributed by atoms with Crippen LogP contribution in [0.1, 0.15) is 51.4 Å². The van der Waals surface area contributed by atoms with Crippen LogP contribution in [0.4, 0.5) is 0 Å². The molecule has 0 aliphatic heterocycles. The Hall–Kier alpha value is -1.77. The summed E-state index contributed by atoms with van der Waals surface area (Å²) in [4.78, 5) is 33.7. The smallest absolute Gasteiger partial charge is 0.330 e. The molecule has 0 spiro atoms. The molecule has 0 heterocycles. The fourth-order valence-electron chi connectivity index (χ4n) is 4.62. The van der Waals surface area contributed by atoms with Crippen LogP contribution < -0.4 is 0 Å². The summed E-state index contributed by atoms with van der Waals surface area (Å²) in [6, 6.07) is 0. The summed E-state index contributed by atoms with van der Waals surface area (Å²) in [5.74, 6) is -0.189. The number of esters is 1. The van der Waals surface area contributed by atoms with Crippen molar-refractivity contribution in [3.63, 3.8) is 0 Å². The molecule has 2 rings (SSSR count). The summed E-state index contributed by atoms with van der Waals surface area (Å²) in [7, 11) is 0. The largest absolute Gasteiger partial charge is 0.481 e. The molecule has 0 aromatic rings. The first-order chi connectivity index (χ1) is 15.0. The SMILES string of the molecule is C=CC(=O)OCCOCCOCCOC1(C=O)CCC(C2CCC(C(=O)O)CC2)CC1. The number of carboxylic acids is 1. The maximum atomic E-state index is 11.7. The lowest BCUT2D eigenvalue weighted by atomic mass is 9.68. The Kier molecular flexibility index (Phi) is 11.2. The highest BCUT2D eigenvalue weighted by molar-refractivity contribution is 5.81. The molecule has 8 heteroatoms. The van der Waals surface area contributed by atoms with Crippen molar-refractivity contribution in [1.29, 1.82) is 0 Å². The van der Waals surface area contributed by atoms with Crippen LogP contribution in [0.3, 0.4) is 0 Å². The Morgan fingerprint density at radius 1 is 0.871 bits per heavy atom. The van der Waals surface area contributed by atoms with Gasteiger partial charge in [0.25, 0.3) is 0 Å². The van der Waals surface area contributed by atoms with Crippen LogP contribution in [0.5, 0.6) is 0 Å². The summed E-state index contributed by atoms with van der Waals surface area (Å²) in [5.41, 5.74) is -0.719. The van der Waals surface area contributed by atoms with Crippen molar-refractivity contribution in [2.75, 3.05) is 39.6 Å². The number of aldehydes is 1. The third-order valence-electron chi connectivity index (χ3n) is 6.51. The predicted molar refractivity (Wildman–Crippen MR) is 113 cm³/mol. The Bertz CT molecular complexity index is 574. The molecule has 0 aromatic heterocycles. The highest BCUT2D eigenvalue weighted by atomic mass is 16.6. The second-order valence-corrected chi connectivity index (χ2v) is 8.41. The summed E-state index contributed by atoms with van der Waals surface area (Å²) < 4.78 is 21.5. The number of rotatable bonds is 14. The van der Waals surface area contributed by atoms with Crippen LogP contribution in [0.2, 0.25) is 0 Å². The third-order valence-corrected chi connectivity index (χ3v) is 6.51. The van der Waals surface area contributed by atoms with E-state index in [0.717, 1.165) is 50.9 Å². The molecule has 1 N–H and O–H groups in total. The van der Waals surface area contributed by atoms with Gasteiger partial charge in [0.05, 0.1) is 39.0 Å². The maximum Gasteiger partial charge on any atom is 0.330 e. The van der Waals surface area contributed by atoms with Crippen LogP contribution in [0, 0.1) is 17.8 Å². The van der Waals surface area contributed by atoms with Gasteiger partial charge in [-0.3, -0.25) is 4.79 Å². The zero-order valence-electron chi connectivity index (χ0n) is 18.3. The van der Waals surface area contributed by atoms with Gasteiger partial charge in [0.2, 0.25) is 0 Å². The quantitative estimate of drug-likeness (QED) is 0.190. The minimum Gasteiger partial charge on any atom is -0.481 e. The van der Waals surface area contributed by atoms with Gasteiger partial charge >= 0.3 is 11.9 Å². The van der Waals surface area contributed by atoms with E-state index in [-0.39, 0.29) is 12.5 Å². The molecule has 0 atom stereocenters. The predicted octanol–water partition coefficient (Wildman–Crippen LogP) is 2.78. The first-order valence-corrected chi connectivity index (χ1v) is 11.3. The van der Waals surface area contributed by atoms with Crippen molar-refractivity contribution in [3.05, 3.63) is 12.7 Å².